The van der Waals surface area contributed by atoms with Crippen LogP contribution in [0.1, 0.15) is 25.3 Å². The topological polar surface area (TPSA) is 12.0 Å². The largest absolute Gasteiger partial charge is 0.316 e. The van der Waals surface area contributed by atoms with Gasteiger partial charge in [0, 0.05) is 23.5 Å². The standard InChI is InChI=1S/C12H16BrN/c1-12(2)8-14-7-10(12)9-5-3-4-6-11(9)13/h3-6,10,14H,7-8H2,1-2H3/t10-/m0/s1. The molecule has 1 N–H and O–H groups in total. The Hall–Kier alpha value is -0.340. The fourth-order valence-electron chi connectivity index (χ4n) is 2.23. The van der Waals surface area contributed by atoms with Crippen LogP contribution in [0.4, 0.5) is 0 Å². The van der Waals surface area contributed by atoms with Crippen molar-refractivity contribution >= 4 is 15.9 Å². The van der Waals surface area contributed by atoms with Crippen molar-refractivity contribution in [2.45, 2.75) is 19.8 Å². The summed E-state index contributed by atoms with van der Waals surface area (Å²) >= 11 is 3.63. The molecule has 0 aliphatic carbocycles. The Labute approximate surface area is 94.0 Å². The first-order chi connectivity index (χ1) is 6.61. The van der Waals surface area contributed by atoms with Crippen LogP contribution in [0.25, 0.3) is 0 Å². The van der Waals surface area contributed by atoms with Gasteiger partial charge in [0.05, 0.1) is 0 Å². The van der Waals surface area contributed by atoms with Gasteiger partial charge in [-0.3, -0.25) is 0 Å². The highest BCUT2D eigenvalue weighted by molar-refractivity contribution is 9.10. The Morgan fingerprint density at radius 1 is 1.36 bits per heavy atom. The Morgan fingerprint density at radius 3 is 2.64 bits per heavy atom. The lowest BCUT2D eigenvalue weighted by molar-refractivity contribution is 0.362. The van der Waals surface area contributed by atoms with Gasteiger partial charge >= 0.3 is 0 Å². The van der Waals surface area contributed by atoms with Crippen molar-refractivity contribution in [3.63, 3.8) is 0 Å². The summed E-state index contributed by atoms with van der Waals surface area (Å²) in [5.41, 5.74) is 1.80. The molecule has 14 heavy (non-hydrogen) atoms. The molecule has 0 aromatic heterocycles. The molecule has 2 rings (SSSR count). The van der Waals surface area contributed by atoms with Gasteiger partial charge in [-0.05, 0) is 17.0 Å². The van der Waals surface area contributed by atoms with Crippen molar-refractivity contribution in [1.82, 2.24) is 5.32 Å². The molecule has 1 aliphatic heterocycles. The maximum Gasteiger partial charge on any atom is 0.0210 e. The van der Waals surface area contributed by atoms with E-state index in [9.17, 15) is 0 Å². The predicted octanol–water partition coefficient (Wildman–Crippen LogP) is 3.16. The fourth-order valence-corrected chi connectivity index (χ4v) is 2.79. The van der Waals surface area contributed by atoms with Crippen LogP contribution in [0.2, 0.25) is 0 Å². The summed E-state index contributed by atoms with van der Waals surface area (Å²) in [5, 5.41) is 3.47. The SMILES string of the molecule is CC1(C)CNC[C@H]1c1ccccc1Br. The molecule has 76 valence electrons. The third kappa shape index (κ3) is 1.73. The van der Waals surface area contributed by atoms with Gasteiger partial charge in [-0.15, -0.1) is 0 Å². The van der Waals surface area contributed by atoms with Gasteiger partial charge in [-0.1, -0.05) is 48.0 Å². The first-order valence-corrected chi connectivity index (χ1v) is 5.86. The zero-order chi connectivity index (χ0) is 10.2. The van der Waals surface area contributed by atoms with Crippen molar-refractivity contribution in [2.24, 2.45) is 5.41 Å². The van der Waals surface area contributed by atoms with Crippen LogP contribution in [0, 0.1) is 5.41 Å². The highest BCUT2D eigenvalue weighted by Gasteiger charge is 2.36. The van der Waals surface area contributed by atoms with Crippen molar-refractivity contribution in [2.75, 3.05) is 13.1 Å². The minimum atomic E-state index is 0.365. The number of benzene rings is 1. The lowest BCUT2D eigenvalue weighted by atomic mass is 9.78. The minimum absolute atomic E-state index is 0.365. The molecular weight excluding hydrogens is 238 g/mol. The Balaban J connectivity index is 2.36. The van der Waals surface area contributed by atoms with Crippen LogP contribution in [0.3, 0.4) is 0 Å². The van der Waals surface area contributed by atoms with E-state index < -0.39 is 0 Å². The second kappa shape index (κ2) is 3.67. The molecule has 0 bridgehead atoms. The second-order valence-corrected chi connectivity index (χ2v) is 5.55. The zero-order valence-corrected chi connectivity index (χ0v) is 10.3. The van der Waals surface area contributed by atoms with E-state index in [0.717, 1.165) is 13.1 Å². The van der Waals surface area contributed by atoms with Crippen LogP contribution in [-0.2, 0) is 0 Å². The quantitative estimate of drug-likeness (QED) is 0.811. The van der Waals surface area contributed by atoms with Gasteiger partial charge < -0.3 is 5.32 Å². The zero-order valence-electron chi connectivity index (χ0n) is 8.68. The molecule has 0 saturated carbocycles. The van der Waals surface area contributed by atoms with E-state index in [-0.39, 0.29) is 0 Å². The van der Waals surface area contributed by atoms with Crippen LogP contribution in [0.5, 0.6) is 0 Å². The molecule has 1 heterocycles. The number of rotatable bonds is 1. The summed E-state index contributed by atoms with van der Waals surface area (Å²) in [6.07, 6.45) is 0. The number of hydrogen-bond acceptors (Lipinski definition) is 1. The van der Waals surface area contributed by atoms with Gasteiger partial charge in [-0.2, -0.15) is 0 Å². The molecule has 1 aliphatic rings. The van der Waals surface area contributed by atoms with Gasteiger partial charge in [0.15, 0.2) is 0 Å². The van der Waals surface area contributed by atoms with Gasteiger partial charge in [0.2, 0.25) is 0 Å². The Morgan fingerprint density at radius 2 is 2.07 bits per heavy atom. The summed E-state index contributed by atoms with van der Waals surface area (Å²) in [6.45, 7) is 6.86. The van der Waals surface area contributed by atoms with E-state index in [1.54, 1.807) is 0 Å². The minimum Gasteiger partial charge on any atom is -0.316 e. The summed E-state index contributed by atoms with van der Waals surface area (Å²) in [7, 11) is 0. The van der Waals surface area contributed by atoms with E-state index in [4.69, 9.17) is 0 Å². The third-order valence-electron chi connectivity index (χ3n) is 3.15. The molecule has 1 fully saturated rings. The average molecular weight is 254 g/mol. The molecule has 1 atom stereocenters. The van der Waals surface area contributed by atoms with E-state index in [2.05, 4.69) is 59.4 Å². The summed E-state index contributed by atoms with van der Waals surface area (Å²) < 4.78 is 1.24. The Kier molecular flexibility index (Phi) is 2.67. The molecule has 0 unspecified atom stereocenters. The maximum atomic E-state index is 3.63. The van der Waals surface area contributed by atoms with E-state index in [1.165, 1.54) is 10.0 Å². The van der Waals surface area contributed by atoms with Crippen molar-refractivity contribution < 1.29 is 0 Å². The van der Waals surface area contributed by atoms with Crippen LogP contribution >= 0.6 is 15.9 Å². The van der Waals surface area contributed by atoms with Crippen LogP contribution < -0.4 is 5.32 Å². The van der Waals surface area contributed by atoms with Gasteiger partial charge in [0.1, 0.15) is 0 Å². The first-order valence-electron chi connectivity index (χ1n) is 5.06. The molecular formula is C12H16BrN. The Bertz CT molecular complexity index is 333. The number of hydrogen-bond donors (Lipinski definition) is 1. The fraction of sp³-hybridized carbons (Fsp3) is 0.500. The third-order valence-corrected chi connectivity index (χ3v) is 3.88. The van der Waals surface area contributed by atoms with E-state index in [0.29, 0.717) is 11.3 Å². The molecule has 1 nitrogen and oxygen atoms in total. The van der Waals surface area contributed by atoms with Gasteiger partial charge in [-0.25, -0.2) is 0 Å². The summed E-state index contributed by atoms with van der Waals surface area (Å²) in [5.74, 6) is 0.623. The normalized spacial score (nSPS) is 25.2. The van der Waals surface area contributed by atoms with Gasteiger partial charge in [0.25, 0.3) is 0 Å². The number of nitrogens with one attached hydrogen (secondary N) is 1. The highest BCUT2D eigenvalue weighted by Crippen LogP contribution is 2.40. The lowest BCUT2D eigenvalue weighted by Gasteiger charge is -2.26. The number of halogens is 1. The first kappa shape index (κ1) is 10.2. The molecule has 2 heteroatoms. The maximum absolute atomic E-state index is 3.63. The monoisotopic (exact) mass is 253 g/mol. The van der Waals surface area contributed by atoms with Crippen molar-refractivity contribution in [1.29, 1.82) is 0 Å². The smallest absolute Gasteiger partial charge is 0.0210 e. The second-order valence-electron chi connectivity index (χ2n) is 4.69. The van der Waals surface area contributed by atoms with E-state index >= 15 is 0 Å². The molecule has 0 radical (unpaired) electrons. The van der Waals surface area contributed by atoms with Crippen molar-refractivity contribution in [3.05, 3.63) is 34.3 Å². The van der Waals surface area contributed by atoms with E-state index in [1.807, 2.05) is 0 Å². The van der Waals surface area contributed by atoms with Crippen LogP contribution in [-0.4, -0.2) is 13.1 Å². The molecule has 0 amide bonds. The summed E-state index contributed by atoms with van der Waals surface area (Å²) in [4.78, 5) is 0. The highest BCUT2D eigenvalue weighted by atomic mass is 79.9. The average Bonchev–Trinajstić information content (AvgIpc) is 2.46. The summed E-state index contributed by atoms with van der Waals surface area (Å²) in [6, 6.07) is 8.55. The molecule has 1 saturated heterocycles. The predicted molar refractivity (Wildman–Crippen MR) is 63.5 cm³/mol. The molecule has 0 spiro atoms. The molecule has 1 aromatic carbocycles. The van der Waals surface area contributed by atoms with Crippen molar-refractivity contribution in [3.8, 4) is 0 Å². The molecule has 1 aromatic rings. The van der Waals surface area contributed by atoms with Crippen LogP contribution in [0.15, 0.2) is 28.7 Å². The lowest BCUT2D eigenvalue weighted by Crippen LogP contribution is -2.20.